The highest BCUT2D eigenvalue weighted by Gasteiger charge is 2.26. The SMILES string of the molecule is C[C@@H]1CCCC[C@@H]1N(C)c1ncnc2[nH]ccc12. The minimum atomic E-state index is 0.603. The largest absolute Gasteiger partial charge is 0.356 e. The molecule has 96 valence electrons. The van der Waals surface area contributed by atoms with Crippen molar-refractivity contribution in [2.75, 3.05) is 11.9 Å². The molecule has 4 nitrogen and oxygen atoms in total. The molecular formula is C14H20N4. The molecule has 0 bridgehead atoms. The highest BCUT2D eigenvalue weighted by molar-refractivity contribution is 5.87. The van der Waals surface area contributed by atoms with Gasteiger partial charge in [0.25, 0.3) is 0 Å². The summed E-state index contributed by atoms with van der Waals surface area (Å²) in [4.78, 5) is 14.2. The first-order chi connectivity index (χ1) is 8.77. The van der Waals surface area contributed by atoms with E-state index < -0.39 is 0 Å². The number of hydrogen-bond donors (Lipinski definition) is 1. The Kier molecular flexibility index (Phi) is 2.94. The van der Waals surface area contributed by atoms with Crippen molar-refractivity contribution in [2.45, 2.75) is 38.6 Å². The zero-order valence-corrected chi connectivity index (χ0v) is 11.1. The Balaban J connectivity index is 1.95. The lowest BCUT2D eigenvalue weighted by molar-refractivity contribution is 0.321. The third kappa shape index (κ3) is 1.85. The summed E-state index contributed by atoms with van der Waals surface area (Å²) in [6.45, 7) is 2.36. The smallest absolute Gasteiger partial charge is 0.142 e. The Morgan fingerprint density at radius 1 is 1.28 bits per heavy atom. The van der Waals surface area contributed by atoms with Crippen LogP contribution in [0.15, 0.2) is 18.6 Å². The molecule has 0 unspecified atom stereocenters. The number of hydrogen-bond acceptors (Lipinski definition) is 3. The summed E-state index contributed by atoms with van der Waals surface area (Å²) in [5, 5.41) is 1.12. The molecule has 1 aliphatic carbocycles. The maximum atomic E-state index is 4.48. The Bertz CT molecular complexity index is 533. The van der Waals surface area contributed by atoms with E-state index in [2.05, 4.69) is 39.9 Å². The minimum Gasteiger partial charge on any atom is -0.356 e. The van der Waals surface area contributed by atoms with Crippen LogP contribution < -0.4 is 4.90 Å². The molecule has 0 radical (unpaired) electrons. The molecule has 18 heavy (non-hydrogen) atoms. The van der Waals surface area contributed by atoms with Crippen LogP contribution in [0.25, 0.3) is 11.0 Å². The van der Waals surface area contributed by atoms with Crippen LogP contribution in [0.2, 0.25) is 0 Å². The second kappa shape index (κ2) is 4.59. The number of nitrogens with one attached hydrogen (secondary N) is 1. The van der Waals surface area contributed by atoms with Gasteiger partial charge in [0.05, 0.1) is 5.39 Å². The normalized spacial score (nSPS) is 24.3. The molecule has 4 heteroatoms. The average Bonchev–Trinajstić information content (AvgIpc) is 2.86. The van der Waals surface area contributed by atoms with E-state index in [-0.39, 0.29) is 0 Å². The molecule has 0 aromatic carbocycles. The highest BCUT2D eigenvalue weighted by Crippen LogP contribution is 2.31. The molecule has 0 saturated heterocycles. The Morgan fingerprint density at radius 2 is 2.11 bits per heavy atom. The molecule has 1 N–H and O–H groups in total. The number of aromatic amines is 1. The first-order valence-corrected chi connectivity index (χ1v) is 6.78. The van der Waals surface area contributed by atoms with Gasteiger partial charge >= 0.3 is 0 Å². The minimum absolute atomic E-state index is 0.603. The van der Waals surface area contributed by atoms with E-state index in [9.17, 15) is 0 Å². The predicted molar refractivity (Wildman–Crippen MR) is 73.7 cm³/mol. The lowest BCUT2D eigenvalue weighted by atomic mass is 9.85. The fraction of sp³-hybridized carbons (Fsp3) is 0.571. The summed E-state index contributed by atoms with van der Waals surface area (Å²) in [6.07, 6.45) is 8.89. The van der Waals surface area contributed by atoms with E-state index >= 15 is 0 Å². The van der Waals surface area contributed by atoms with Crippen molar-refractivity contribution in [2.24, 2.45) is 5.92 Å². The quantitative estimate of drug-likeness (QED) is 0.883. The van der Waals surface area contributed by atoms with Gasteiger partial charge in [-0.3, -0.25) is 0 Å². The topological polar surface area (TPSA) is 44.8 Å². The first-order valence-electron chi connectivity index (χ1n) is 6.78. The van der Waals surface area contributed by atoms with E-state index in [1.165, 1.54) is 25.7 Å². The van der Waals surface area contributed by atoms with Crippen molar-refractivity contribution in [1.82, 2.24) is 15.0 Å². The zero-order valence-electron chi connectivity index (χ0n) is 11.1. The molecule has 1 fully saturated rings. The van der Waals surface area contributed by atoms with Gasteiger partial charge in [0.15, 0.2) is 0 Å². The number of rotatable bonds is 2. The van der Waals surface area contributed by atoms with Gasteiger partial charge in [0, 0.05) is 19.3 Å². The molecule has 0 amide bonds. The van der Waals surface area contributed by atoms with Crippen molar-refractivity contribution >= 4 is 16.9 Å². The van der Waals surface area contributed by atoms with Crippen LogP contribution in [-0.2, 0) is 0 Å². The number of fused-ring (bicyclic) bond motifs is 1. The van der Waals surface area contributed by atoms with Gasteiger partial charge in [0.1, 0.15) is 17.8 Å². The Morgan fingerprint density at radius 3 is 2.94 bits per heavy atom. The molecule has 0 aliphatic heterocycles. The molecule has 2 aromatic rings. The standard InChI is InChI=1S/C14H20N4/c1-10-5-3-4-6-12(10)18(2)14-11-7-8-15-13(11)16-9-17-14/h7-10,12H,3-6H2,1-2H3,(H,15,16,17)/t10-,12+/m1/s1. The van der Waals surface area contributed by atoms with Crippen molar-refractivity contribution in [3.05, 3.63) is 18.6 Å². The molecule has 3 rings (SSSR count). The van der Waals surface area contributed by atoms with Gasteiger partial charge < -0.3 is 9.88 Å². The Hall–Kier alpha value is -1.58. The van der Waals surface area contributed by atoms with Crippen LogP contribution in [-0.4, -0.2) is 28.0 Å². The maximum Gasteiger partial charge on any atom is 0.142 e. The number of nitrogens with zero attached hydrogens (tertiary/aromatic N) is 3. The average molecular weight is 244 g/mol. The fourth-order valence-corrected chi connectivity index (χ4v) is 3.17. The van der Waals surface area contributed by atoms with Gasteiger partial charge in [0.2, 0.25) is 0 Å². The lowest BCUT2D eigenvalue weighted by Crippen LogP contribution is -2.39. The number of aromatic nitrogens is 3. The van der Waals surface area contributed by atoms with Crippen molar-refractivity contribution < 1.29 is 0 Å². The van der Waals surface area contributed by atoms with Crippen LogP contribution in [0, 0.1) is 5.92 Å². The second-order valence-corrected chi connectivity index (χ2v) is 5.38. The predicted octanol–water partition coefficient (Wildman–Crippen LogP) is 2.97. The van der Waals surface area contributed by atoms with Crippen LogP contribution in [0.1, 0.15) is 32.6 Å². The van der Waals surface area contributed by atoms with Crippen molar-refractivity contribution in [3.8, 4) is 0 Å². The van der Waals surface area contributed by atoms with Crippen LogP contribution in [0.5, 0.6) is 0 Å². The summed E-state index contributed by atoms with van der Waals surface area (Å²) in [6, 6.07) is 2.67. The summed E-state index contributed by atoms with van der Waals surface area (Å²) >= 11 is 0. The van der Waals surface area contributed by atoms with Gasteiger partial charge in [-0.25, -0.2) is 9.97 Å². The first kappa shape index (κ1) is 11.5. The van der Waals surface area contributed by atoms with Crippen molar-refractivity contribution in [3.63, 3.8) is 0 Å². The van der Waals surface area contributed by atoms with E-state index in [0.717, 1.165) is 22.8 Å². The van der Waals surface area contributed by atoms with Crippen LogP contribution in [0.4, 0.5) is 5.82 Å². The summed E-state index contributed by atoms with van der Waals surface area (Å²) in [7, 11) is 2.17. The number of H-pyrrole nitrogens is 1. The third-order valence-corrected chi connectivity index (χ3v) is 4.23. The molecule has 0 spiro atoms. The lowest BCUT2D eigenvalue weighted by Gasteiger charge is -2.37. The molecular weight excluding hydrogens is 224 g/mol. The summed E-state index contributed by atoms with van der Waals surface area (Å²) < 4.78 is 0. The monoisotopic (exact) mass is 244 g/mol. The van der Waals surface area contributed by atoms with E-state index in [1.54, 1.807) is 6.33 Å². The third-order valence-electron chi connectivity index (χ3n) is 4.23. The molecule has 1 aliphatic rings. The van der Waals surface area contributed by atoms with E-state index in [1.807, 2.05) is 6.20 Å². The van der Waals surface area contributed by atoms with Gasteiger partial charge in [-0.2, -0.15) is 0 Å². The highest BCUT2D eigenvalue weighted by atomic mass is 15.2. The second-order valence-electron chi connectivity index (χ2n) is 5.38. The molecule has 2 aromatic heterocycles. The number of anilines is 1. The fourth-order valence-electron chi connectivity index (χ4n) is 3.17. The molecule has 2 heterocycles. The van der Waals surface area contributed by atoms with Gasteiger partial charge in [-0.15, -0.1) is 0 Å². The van der Waals surface area contributed by atoms with E-state index in [0.29, 0.717) is 6.04 Å². The van der Waals surface area contributed by atoms with Crippen molar-refractivity contribution in [1.29, 1.82) is 0 Å². The Labute approximate surface area is 107 Å². The van der Waals surface area contributed by atoms with E-state index in [4.69, 9.17) is 0 Å². The van der Waals surface area contributed by atoms with Gasteiger partial charge in [-0.05, 0) is 24.8 Å². The van der Waals surface area contributed by atoms with Crippen LogP contribution >= 0.6 is 0 Å². The van der Waals surface area contributed by atoms with Gasteiger partial charge in [-0.1, -0.05) is 19.8 Å². The maximum absolute atomic E-state index is 4.48. The summed E-state index contributed by atoms with van der Waals surface area (Å²) in [5.41, 5.74) is 0.926. The summed E-state index contributed by atoms with van der Waals surface area (Å²) in [5.74, 6) is 1.80. The van der Waals surface area contributed by atoms with Crippen LogP contribution in [0.3, 0.4) is 0 Å². The molecule has 1 saturated carbocycles. The molecule has 2 atom stereocenters. The zero-order chi connectivity index (χ0) is 12.5.